The molecular formula is C19H23F3N2O2. The van der Waals surface area contributed by atoms with Crippen LogP contribution in [0, 0.1) is 6.92 Å². The number of alkyl halides is 3. The van der Waals surface area contributed by atoms with Crippen LogP contribution in [0.25, 0.3) is 11.1 Å². The van der Waals surface area contributed by atoms with E-state index in [1.165, 1.54) is 18.2 Å². The first-order valence-electron chi connectivity index (χ1n) is 8.57. The first kappa shape index (κ1) is 19.9. The Morgan fingerprint density at radius 3 is 2.50 bits per heavy atom. The molecule has 1 amide bonds. The highest BCUT2D eigenvalue weighted by molar-refractivity contribution is 6.02. The summed E-state index contributed by atoms with van der Waals surface area (Å²) in [5.41, 5.74) is 8.63. The van der Waals surface area contributed by atoms with E-state index in [0.717, 1.165) is 30.8 Å². The summed E-state index contributed by atoms with van der Waals surface area (Å²) in [5, 5.41) is 0. The molecule has 2 aromatic rings. The van der Waals surface area contributed by atoms with Gasteiger partial charge in [-0.3, -0.25) is 4.79 Å². The van der Waals surface area contributed by atoms with E-state index < -0.39 is 12.3 Å². The maximum atomic E-state index is 12.5. The molecule has 1 heterocycles. The molecule has 7 heteroatoms. The highest BCUT2D eigenvalue weighted by Crippen LogP contribution is 2.36. The Morgan fingerprint density at radius 2 is 1.96 bits per heavy atom. The third-order valence-corrected chi connectivity index (χ3v) is 4.30. The number of rotatable bonds is 7. The largest absolute Gasteiger partial charge is 0.573 e. The molecule has 0 unspecified atom stereocenters. The van der Waals surface area contributed by atoms with Crippen molar-refractivity contribution in [3.05, 3.63) is 41.2 Å². The lowest BCUT2D eigenvalue weighted by atomic mass is 9.98. The molecule has 2 N–H and O–H groups in total. The predicted octanol–water partition coefficient (Wildman–Crippen LogP) is 4.82. The second-order valence-electron chi connectivity index (χ2n) is 6.08. The normalized spacial score (nSPS) is 11.6. The number of carbonyl (C=O) groups is 1. The van der Waals surface area contributed by atoms with E-state index >= 15 is 0 Å². The zero-order chi connectivity index (χ0) is 19.5. The van der Waals surface area contributed by atoms with Crippen molar-refractivity contribution in [2.45, 2.75) is 52.9 Å². The highest BCUT2D eigenvalue weighted by Gasteiger charge is 2.31. The lowest BCUT2D eigenvalue weighted by Crippen LogP contribution is -2.17. The van der Waals surface area contributed by atoms with E-state index in [1.807, 2.05) is 18.4 Å². The quantitative estimate of drug-likeness (QED) is 0.761. The Bertz CT molecular complexity index is 795. The molecule has 4 nitrogen and oxygen atoms in total. The summed E-state index contributed by atoms with van der Waals surface area (Å²) in [5.74, 6) is -0.920. The summed E-state index contributed by atoms with van der Waals surface area (Å²) in [6, 6.07) is 5.65. The molecule has 0 spiro atoms. The number of ether oxygens (including phenoxy) is 1. The van der Waals surface area contributed by atoms with E-state index in [4.69, 9.17) is 5.73 Å². The van der Waals surface area contributed by atoms with Gasteiger partial charge >= 0.3 is 6.36 Å². The monoisotopic (exact) mass is 368 g/mol. The molecule has 0 fully saturated rings. The van der Waals surface area contributed by atoms with E-state index in [-0.39, 0.29) is 5.75 Å². The van der Waals surface area contributed by atoms with E-state index in [9.17, 15) is 18.0 Å². The van der Waals surface area contributed by atoms with Crippen LogP contribution in [0.5, 0.6) is 5.75 Å². The predicted molar refractivity (Wildman–Crippen MR) is 94.1 cm³/mol. The van der Waals surface area contributed by atoms with Crippen LogP contribution < -0.4 is 10.5 Å². The summed E-state index contributed by atoms with van der Waals surface area (Å²) in [6.45, 7) is 6.55. The fourth-order valence-electron chi connectivity index (χ4n) is 3.25. The molecule has 0 saturated carbocycles. The van der Waals surface area contributed by atoms with E-state index in [2.05, 4.69) is 11.7 Å². The Kier molecular flexibility index (Phi) is 6.00. The van der Waals surface area contributed by atoms with Crippen LogP contribution in [0.1, 0.15) is 48.4 Å². The average molecular weight is 368 g/mol. The lowest BCUT2D eigenvalue weighted by Gasteiger charge is -2.13. The van der Waals surface area contributed by atoms with Crippen molar-refractivity contribution >= 4 is 5.91 Å². The van der Waals surface area contributed by atoms with E-state index in [1.54, 1.807) is 6.07 Å². The molecule has 142 valence electrons. The third kappa shape index (κ3) is 4.20. The van der Waals surface area contributed by atoms with Crippen LogP contribution in [-0.4, -0.2) is 16.8 Å². The number of hydrogen-bond acceptors (Lipinski definition) is 2. The molecule has 0 radical (unpaired) electrons. The SMILES string of the molecule is CCCCn1c(C)c(C(N)=O)c(-c2cccc(OC(F)(F)F)c2)c1CC. The minimum atomic E-state index is -4.78. The zero-order valence-electron chi connectivity index (χ0n) is 15.1. The summed E-state index contributed by atoms with van der Waals surface area (Å²) in [4.78, 5) is 12.1. The van der Waals surface area contributed by atoms with Crippen molar-refractivity contribution in [1.29, 1.82) is 0 Å². The van der Waals surface area contributed by atoms with Crippen LogP contribution >= 0.6 is 0 Å². The number of benzene rings is 1. The number of hydrogen-bond donors (Lipinski definition) is 1. The number of carbonyl (C=O) groups excluding carboxylic acids is 1. The van der Waals surface area contributed by atoms with Crippen molar-refractivity contribution in [2.75, 3.05) is 0 Å². The van der Waals surface area contributed by atoms with Gasteiger partial charge in [0.25, 0.3) is 5.91 Å². The maximum absolute atomic E-state index is 12.5. The Morgan fingerprint density at radius 1 is 1.27 bits per heavy atom. The first-order valence-corrected chi connectivity index (χ1v) is 8.57. The molecule has 26 heavy (non-hydrogen) atoms. The second-order valence-corrected chi connectivity index (χ2v) is 6.08. The smallest absolute Gasteiger partial charge is 0.406 e. The lowest BCUT2D eigenvalue weighted by molar-refractivity contribution is -0.274. The van der Waals surface area contributed by atoms with Crippen molar-refractivity contribution < 1.29 is 22.7 Å². The van der Waals surface area contributed by atoms with E-state index in [0.29, 0.717) is 23.1 Å². The third-order valence-electron chi connectivity index (χ3n) is 4.30. The van der Waals surface area contributed by atoms with Crippen LogP contribution in [0.15, 0.2) is 24.3 Å². The minimum Gasteiger partial charge on any atom is -0.406 e. The van der Waals surface area contributed by atoms with Gasteiger partial charge in [-0.05, 0) is 37.5 Å². The number of nitrogens with zero attached hydrogens (tertiary/aromatic N) is 1. The molecule has 0 saturated heterocycles. The number of unbranched alkanes of at least 4 members (excludes halogenated alkanes) is 1. The van der Waals surface area contributed by atoms with Crippen molar-refractivity contribution in [3.63, 3.8) is 0 Å². The number of amides is 1. The van der Waals surface area contributed by atoms with Gasteiger partial charge in [0.1, 0.15) is 5.75 Å². The molecule has 1 aromatic carbocycles. The fourth-order valence-corrected chi connectivity index (χ4v) is 3.25. The highest BCUT2D eigenvalue weighted by atomic mass is 19.4. The topological polar surface area (TPSA) is 57.2 Å². The van der Waals surface area contributed by atoms with Gasteiger partial charge in [0.15, 0.2) is 0 Å². The number of nitrogens with two attached hydrogens (primary N) is 1. The van der Waals surface area contributed by atoms with Crippen LogP contribution in [0.3, 0.4) is 0 Å². The fraction of sp³-hybridized carbons (Fsp3) is 0.421. The zero-order valence-corrected chi connectivity index (χ0v) is 15.1. The van der Waals surface area contributed by atoms with Crippen molar-refractivity contribution in [2.24, 2.45) is 5.73 Å². The van der Waals surface area contributed by atoms with Crippen molar-refractivity contribution in [1.82, 2.24) is 4.57 Å². The van der Waals surface area contributed by atoms with Gasteiger partial charge in [0, 0.05) is 23.5 Å². The van der Waals surface area contributed by atoms with Crippen molar-refractivity contribution in [3.8, 4) is 16.9 Å². The van der Waals surface area contributed by atoms with Crippen LogP contribution in [0.4, 0.5) is 13.2 Å². The minimum absolute atomic E-state index is 0.327. The maximum Gasteiger partial charge on any atom is 0.573 e. The van der Waals surface area contributed by atoms with Gasteiger partial charge < -0.3 is 15.0 Å². The molecule has 0 bridgehead atoms. The molecule has 0 aliphatic carbocycles. The molecular weight excluding hydrogens is 345 g/mol. The van der Waals surface area contributed by atoms with Gasteiger partial charge in [-0.25, -0.2) is 0 Å². The van der Waals surface area contributed by atoms with Gasteiger partial charge in [0.05, 0.1) is 5.56 Å². The summed E-state index contributed by atoms with van der Waals surface area (Å²) < 4.78 is 43.7. The molecule has 0 atom stereocenters. The number of primary amides is 1. The summed E-state index contributed by atoms with van der Waals surface area (Å²) in [7, 11) is 0. The molecule has 1 aromatic heterocycles. The Hall–Kier alpha value is -2.44. The van der Waals surface area contributed by atoms with Crippen LogP contribution in [-0.2, 0) is 13.0 Å². The first-order chi connectivity index (χ1) is 12.2. The Balaban J connectivity index is 2.64. The second kappa shape index (κ2) is 7.85. The molecule has 0 aliphatic rings. The molecule has 2 rings (SSSR count). The molecule has 0 aliphatic heterocycles. The van der Waals surface area contributed by atoms with Gasteiger partial charge in [-0.15, -0.1) is 13.2 Å². The van der Waals surface area contributed by atoms with Gasteiger partial charge in [0.2, 0.25) is 0 Å². The summed E-state index contributed by atoms with van der Waals surface area (Å²) >= 11 is 0. The Labute approximate surface area is 150 Å². The van der Waals surface area contributed by atoms with Gasteiger partial charge in [-0.2, -0.15) is 0 Å². The van der Waals surface area contributed by atoms with Gasteiger partial charge in [-0.1, -0.05) is 32.4 Å². The standard InChI is InChI=1S/C19H23F3N2O2/c1-4-6-10-24-12(3)16(18(23)25)17(15(24)5-2)13-8-7-9-14(11-13)26-19(20,21)22/h7-9,11H,4-6,10H2,1-3H3,(H2,23,25). The number of aromatic nitrogens is 1. The number of halogens is 3. The summed E-state index contributed by atoms with van der Waals surface area (Å²) in [6.07, 6.45) is -2.24. The van der Waals surface area contributed by atoms with Crippen LogP contribution in [0.2, 0.25) is 0 Å². The average Bonchev–Trinajstić information content (AvgIpc) is 2.83.